The largest absolute Gasteiger partial charge is 0.310 e. The normalized spacial score (nSPS) is 11.3. The molecular formula is C92H64N4. The second kappa shape index (κ2) is 25.0. The van der Waals surface area contributed by atoms with E-state index in [2.05, 4.69) is 407 Å². The van der Waals surface area contributed by atoms with E-state index in [0.29, 0.717) is 0 Å². The fraction of sp³-hybridized carbons (Fsp3) is 0. The van der Waals surface area contributed by atoms with E-state index in [0.717, 1.165) is 45.5 Å². The molecule has 0 saturated heterocycles. The van der Waals surface area contributed by atoms with Crippen molar-refractivity contribution in [3.63, 3.8) is 0 Å². The summed E-state index contributed by atoms with van der Waals surface area (Å²) in [5, 5.41) is 9.93. The molecule has 0 bridgehead atoms. The second-order valence-corrected chi connectivity index (χ2v) is 24.4. The van der Waals surface area contributed by atoms with Crippen LogP contribution in [0.1, 0.15) is 0 Å². The standard InChI is InChI=1S/2C46H32N2/c1-4-13-33(14-5-1)35-23-28-39(29-24-35)47(40-30-25-36(26-31-40)34-15-6-2-7-16-34)44-22-12-21-42-43-32-27-37-17-10-11-20-41(37)45(43)48(46(42)44)38-18-8-3-9-19-38;1-4-12-33(13-5-1)35-20-25-39(26-21-35)47(40-27-22-36(23-28-40)34-14-6-2-7-15-34)41-29-31-43-44-30-24-37-16-10-11-19-42(37)46(44)48(45(43)32-41)38-17-8-3-9-18-38/h2*1-32H. The van der Waals surface area contributed by atoms with E-state index in [1.54, 1.807) is 0 Å². The van der Waals surface area contributed by atoms with Crippen molar-refractivity contribution in [2.24, 2.45) is 0 Å². The van der Waals surface area contributed by atoms with Crippen molar-refractivity contribution < 1.29 is 0 Å². The van der Waals surface area contributed by atoms with E-state index < -0.39 is 0 Å². The van der Waals surface area contributed by atoms with Crippen molar-refractivity contribution in [1.29, 1.82) is 0 Å². The van der Waals surface area contributed by atoms with Gasteiger partial charge in [0.05, 0.1) is 27.8 Å². The van der Waals surface area contributed by atoms with Crippen LogP contribution in [-0.4, -0.2) is 9.13 Å². The highest BCUT2D eigenvalue weighted by atomic mass is 15.2. The fourth-order valence-electron chi connectivity index (χ4n) is 14.2. The van der Waals surface area contributed by atoms with E-state index in [4.69, 9.17) is 0 Å². The quantitative estimate of drug-likeness (QED) is 0.121. The highest BCUT2D eigenvalue weighted by molar-refractivity contribution is 6.22. The maximum atomic E-state index is 2.46. The molecule has 96 heavy (non-hydrogen) atoms. The van der Waals surface area contributed by atoms with Crippen LogP contribution in [0.3, 0.4) is 0 Å². The van der Waals surface area contributed by atoms with Gasteiger partial charge in [-0.1, -0.05) is 297 Å². The van der Waals surface area contributed by atoms with Crippen LogP contribution >= 0.6 is 0 Å². The molecule has 2 heterocycles. The molecule has 2 aromatic heterocycles. The smallest absolute Gasteiger partial charge is 0.0782 e. The van der Waals surface area contributed by atoms with Gasteiger partial charge in [0.25, 0.3) is 0 Å². The molecule has 0 saturated carbocycles. The highest BCUT2D eigenvalue weighted by Gasteiger charge is 2.24. The van der Waals surface area contributed by atoms with Gasteiger partial charge >= 0.3 is 0 Å². The lowest BCUT2D eigenvalue weighted by molar-refractivity contribution is 1.17. The predicted molar refractivity (Wildman–Crippen MR) is 408 cm³/mol. The van der Waals surface area contributed by atoms with E-state index in [1.807, 2.05) is 0 Å². The average molecular weight is 1230 g/mol. The molecule has 0 aliphatic rings. The Labute approximate surface area is 559 Å². The van der Waals surface area contributed by atoms with Gasteiger partial charge in [-0.2, -0.15) is 0 Å². The van der Waals surface area contributed by atoms with Crippen LogP contribution < -0.4 is 9.80 Å². The van der Waals surface area contributed by atoms with E-state index in [-0.39, 0.29) is 0 Å². The molecule has 18 aromatic rings. The summed E-state index contributed by atoms with van der Waals surface area (Å²) in [6.45, 7) is 0. The summed E-state index contributed by atoms with van der Waals surface area (Å²) >= 11 is 0. The topological polar surface area (TPSA) is 16.3 Å². The third-order valence-corrected chi connectivity index (χ3v) is 18.7. The van der Waals surface area contributed by atoms with Gasteiger partial charge in [-0.3, -0.25) is 0 Å². The van der Waals surface area contributed by atoms with Crippen molar-refractivity contribution in [3.8, 4) is 55.9 Å². The Morgan fingerprint density at radius 3 is 0.906 bits per heavy atom. The second-order valence-electron chi connectivity index (χ2n) is 24.4. The Hall–Kier alpha value is -12.8. The van der Waals surface area contributed by atoms with Gasteiger partial charge in [0.2, 0.25) is 0 Å². The molecule has 0 fully saturated rings. The third kappa shape index (κ3) is 10.6. The number of rotatable bonds is 12. The molecule has 16 aromatic carbocycles. The van der Waals surface area contributed by atoms with Gasteiger partial charge in [0.15, 0.2) is 0 Å². The third-order valence-electron chi connectivity index (χ3n) is 18.7. The monoisotopic (exact) mass is 1220 g/mol. The molecule has 4 nitrogen and oxygen atoms in total. The zero-order valence-corrected chi connectivity index (χ0v) is 52.7. The van der Waals surface area contributed by atoms with Gasteiger partial charge in [0, 0.05) is 72.1 Å². The summed E-state index contributed by atoms with van der Waals surface area (Å²) in [6.07, 6.45) is 0. The van der Waals surface area contributed by atoms with E-state index >= 15 is 0 Å². The Morgan fingerprint density at radius 2 is 0.479 bits per heavy atom. The van der Waals surface area contributed by atoms with Crippen LogP contribution in [0.2, 0.25) is 0 Å². The average Bonchev–Trinajstić information content (AvgIpc) is 1.57. The van der Waals surface area contributed by atoms with Crippen molar-refractivity contribution in [1.82, 2.24) is 9.13 Å². The molecule has 0 aliphatic heterocycles. The summed E-state index contributed by atoms with van der Waals surface area (Å²) in [7, 11) is 0. The van der Waals surface area contributed by atoms with Gasteiger partial charge in [-0.25, -0.2) is 0 Å². The van der Waals surface area contributed by atoms with E-state index in [9.17, 15) is 0 Å². The van der Waals surface area contributed by atoms with Gasteiger partial charge in [-0.05, 0) is 146 Å². The lowest BCUT2D eigenvalue weighted by Gasteiger charge is -2.27. The molecule has 0 radical (unpaired) electrons. The predicted octanol–water partition coefficient (Wildman–Crippen LogP) is 25.5. The number of nitrogens with zero attached hydrogens (tertiary/aromatic N) is 4. The minimum atomic E-state index is 1.10. The van der Waals surface area contributed by atoms with Crippen LogP contribution in [0.5, 0.6) is 0 Å². The minimum absolute atomic E-state index is 1.10. The summed E-state index contributed by atoms with van der Waals surface area (Å²) in [5.41, 5.74) is 23.4. The summed E-state index contributed by atoms with van der Waals surface area (Å²) in [4.78, 5) is 4.78. The Kier molecular flexibility index (Phi) is 14.9. The SMILES string of the molecule is c1ccc(-c2ccc(N(c3ccc(-c4ccccc4)cc3)c3ccc4c5ccc6ccccc6c5n(-c5ccccc5)c4c3)cc2)cc1.c1ccc(-c2ccc(N(c3ccc(-c4ccccc4)cc3)c3cccc4c5ccc6ccccc6c5n(-c5ccccc5)c34)cc2)cc1. The zero-order valence-electron chi connectivity index (χ0n) is 52.7. The molecule has 18 rings (SSSR count). The van der Waals surface area contributed by atoms with Crippen LogP contribution in [0.25, 0.3) is 121 Å². The molecule has 0 aliphatic carbocycles. The first-order valence-electron chi connectivity index (χ1n) is 32.9. The van der Waals surface area contributed by atoms with Crippen LogP contribution in [-0.2, 0) is 0 Å². The van der Waals surface area contributed by atoms with Gasteiger partial charge < -0.3 is 18.9 Å². The number of anilines is 6. The molecular weight excluding hydrogens is 1160 g/mol. The zero-order chi connectivity index (χ0) is 63.7. The minimum Gasteiger partial charge on any atom is -0.310 e. The molecule has 0 atom stereocenters. The first-order valence-corrected chi connectivity index (χ1v) is 32.9. The number of benzene rings is 16. The molecule has 452 valence electrons. The fourth-order valence-corrected chi connectivity index (χ4v) is 14.2. The molecule has 0 N–H and O–H groups in total. The first-order chi connectivity index (χ1) is 47.6. The number of hydrogen-bond donors (Lipinski definition) is 0. The summed E-state index contributed by atoms with van der Waals surface area (Å²) in [5.74, 6) is 0. The first kappa shape index (κ1) is 57.2. The maximum Gasteiger partial charge on any atom is 0.0782 e. The van der Waals surface area contributed by atoms with Crippen molar-refractivity contribution >= 4 is 99.3 Å². The number of hydrogen-bond acceptors (Lipinski definition) is 2. The summed E-state index contributed by atoms with van der Waals surface area (Å²) in [6, 6.07) is 140. The Bertz CT molecular complexity index is 5590. The Balaban J connectivity index is 0.000000145. The molecule has 4 heteroatoms. The van der Waals surface area contributed by atoms with Gasteiger partial charge in [-0.15, -0.1) is 0 Å². The molecule has 0 amide bonds. The van der Waals surface area contributed by atoms with Gasteiger partial charge in [0.1, 0.15) is 0 Å². The lowest BCUT2D eigenvalue weighted by atomic mass is 10.0. The molecule has 0 unspecified atom stereocenters. The Morgan fingerprint density at radius 1 is 0.177 bits per heavy atom. The van der Waals surface area contributed by atoms with Crippen LogP contribution in [0.4, 0.5) is 34.1 Å². The highest BCUT2D eigenvalue weighted by Crippen LogP contribution is 2.47. The van der Waals surface area contributed by atoms with Crippen molar-refractivity contribution in [2.45, 2.75) is 0 Å². The van der Waals surface area contributed by atoms with Crippen molar-refractivity contribution in [2.75, 3.05) is 9.80 Å². The molecule has 0 spiro atoms. The van der Waals surface area contributed by atoms with Crippen LogP contribution in [0, 0.1) is 0 Å². The number of aromatic nitrogens is 2. The van der Waals surface area contributed by atoms with Crippen LogP contribution in [0.15, 0.2) is 388 Å². The number of para-hydroxylation sites is 3. The number of fused-ring (bicyclic) bond motifs is 10. The van der Waals surface area contributed by atoms with Crippen molar-refractivity contribution in [3.05, 3.63) is 388 Å². The summed E-state index contributed by atoms with van der Waals surface area (Å²) < 4.78 is 4.90. The lowest BCUT2D eigenvalue weighted by Crippen LogP contribution is -2.11. The maximum absolute atomic E-state index is 2.46. The van der Waals surface area contributed by atoms with E-state index in [1.165, 1.54) is 110 Å².